The molecule has 41 heavy (non-hydrogen) atoms. The Morgan fingerprint density at radius 2 is 1.63 bits per heavy atom. The van der Waals surface area contributed by atoms with Crippen LogP contribution >= 0.6 is 23.1 Å². The Labute approximate surface area is 250 Å². The van der Waals surface area contributed by atoms with E-state index in [0.717, 1.165) is 52.0 Å². The molecule has 2 aliphatic heterocycles. The Balaban J connectivity index is 0.000000507. The van der Waals surface area contributed by atoms with Crippen LogP contribution in [0, 0.1) is 0 Å². The van der Waals surface area contributed by atoms with Crippen molar-refractivity contribution in [2.24, 2.45) is 0 Å². The van der Waals surface area contributed by atoms with Crippen molar-refractivity contribution in [2.45, 2.75) is 61.0 Å². The first-order chi connectivity index (χ1) is 19.9. The second-order valence-corrected chi connectivity index (χ2v) is 12.1. The van der Waals surface area contributed by atoms with Gasteiger partial charge < -0.3 is 19.8 Å². The van der Waals surface area contributed by atoms with E-state index in [9.17, 15) is 14.4 Å². The van der Waals surface area contributed by atoms with Crippen LogP contribution in [0.4, 0.5) is 0 Å². The SMILES string of the molecule is CCCCCCCC(=O)OCCCN1CCN(C2=Cc3ccccc3Sc3sccc32)CC1.O=C(O)C=CC(=O)O. The van der Waals surface area contributed by atoms with E-state index in [2.05, 4.69) is 58.5 Å². The highest BCUT2D eigenvalue weighted by Crippen LogP contribution is 2.44. The van der Waals surface area contributed by atoms with Crippen molar-refractivity contribution in [1.29, 1.82) is 0 Å². The molecule has 8 nitrogen and oxygen atoms in total. The number of unbranched alkanes of at least 4 members (excludes halogenated alkanes) is 4. The summed E-state index contributed by atoms with van der Waals surface area (Å²) in [6, 6.07) is 11.0. The minimum absolute atomic E-state index is 0.0265. The zero-order chi connectivity index (χ0) is 29.5. The van der Waals surface area contributed by atoms with E-state index < -0.39 is 11.9 Å². The van der Waals surface area contributed by atoms with Gasteiger partial charge >= 0.3 is 17.9 Å². The van der Waals surface area contributed by atoms with Crippen LogP contribution in [0.15, 0.2) is 57.0 Å². The third kappa shape index (κ3) is 11.4. The summed E-state index contributed by atoms with van der Waals surface area (Å²) in [4.78, 5) is 37.4. The molecule has 0 bridgehead atoms. The molecule has 1 aromatic carbocycles. The molecule has 0 unspecified atom stereocenters. The molecular formula is C31H40N2O6S2. The summed E-state index contributed by atoms with van der Waals surface area (Å²) in [5.74, 6) is -2.54. The van der Waals surface area contributed by atoms with Gasteiger partial charge in [0.25, 0.3) is 0 Å². The molecule has 0 spiro atoms. The molecule has 4 rings (SSSR count). The number of carbonyl (C=O) groups is 3. The van der Waals surface area contributed by atoms with E-state index in [1.165, 1.54) is 45.2 Å². The Kier molecular flexibility index (Phi) is 14.0. The van der Waals surface area contributed by atoms with Crippen molar-refractivity contribution in [1.82, 2.24) is 9.80 Å². The number of benzene rings is 1. The van der Waals surface area contributed by atoms with Gasteiger partial charge in [0, 0.05) is 67.5 Å². The van der Waals surface area contributed by atoms with Gasteiger partial charge in [-0.2, -0.15) is 0 Å². The van der Waals surface area contributed by atoms with Gasteiger partial charge in [0.2, 0.25) is 0 Å². The van der Waals surface area contributed by atoms with Crippen molar-refractivity contribution in [3.63, 3.8) is 0 Å². The lowest BCUT2D eigenvalue weighted by molar-refractivity contribution is -0.144. The lowest BCUT2D eigenvalue weighted by Gasteiger charge is -2.37. The molecule has 2 N–H and O–H groups in total. The number of carbonyl (C=O) groups excluding carboxylic acids is 1. The lowest BCUT2D eigenvalue weighted by atomic mass is 10.1. The van der Waals surface area contributed by atoms with E-state index >= 15 is 0 Å². The van der Waals surface area contributed by atoms with E-state index in [1.54, 1.807) is 0 Å². The Morgan fingerprint density at radius 3 is 2.34 bits per heavy atom. The minimum atomic E-state index is -1.26. The van der Waals surface area contributed by atoms with Gasteiger partial charge in [0.1, 0.15) is 0 Å². The fourth-order valence-corrected chi connectivity index (χ4v) is 6.75. The summed E-state index contributed by atoms with van der Waals surface area (Å²) in [6.07, 6.45) is 10.8. The number of thiophene rings is 1. The quantitative estimate of drug-likeness (QED) is 0.155. The fourth-order valence-electron chi connectivity index (χ4n) is 4.62. The minimum Gasteiger partial charge on any atom is -0.478 e. The molecular weight excluding hydrogens is 560 g/mol. The smallest absolute Gasteiger partial charge is 0.328 e. The number of hydrogen-bond donors (Lipinski definition) is 2. The highest BCUT2D eigenvalue weighted by Gasteiger charge is 2.24. The maximum Gasteiger partial charge on any atom is 0.328 e. The highest BCUT2D eigenvalue weighted by atomic mass is 32.2. The van der Waals surface area contributed by atoms with Crippen molar-refractivity contribution in [2.75, 3.05) is 39.3 Å². The fraction of sp³-hybridized carbons (Fsp3) is 0.452. The number of fused-ring (bicyclic) bond motifs is 2. The van der Waals surface area contributed by atoms with Gasteiger partial charge in [-0.25, -0.2) is 9.59 Å². The first kappa shape index (κ1) is 32.4. The van der Waals surface area contributed by atoms with E-state index in [0.29, 0.717) is 25.2 Å². The summed E-state index contributed by atoms with van der Waals surface area (Å²) in [5.41, 5.74) is 4.04. The molecule has 1 fully saturated rings. The van der Waals surface area contributed by atoms with Crippen LogP contribution in [0.3, 0.4) is 0 Å². The zero-order valence-electron chi connectivity index (χ0n) is 23.6. The maximum atomic E-state index is 11.9. The van der Waals surface area contributed by atoms with Gasteiger partial charge in [-0.15, -0.1) is 11.3 Å². The third-order valence-electron chi connectivity index (χ3n) is 6.77. The topological polar surface area (TPSA) is 107 Å². The van der Waals surface area contributed by atoms with Crippen LogP contribution in [-0.4, -0.2) is 77.3 Å². The van der Waals surface area contributed by atoms with Gasteiger partial charge in [0.15, 0.2) is 0 Å². The number of nitrogens with zero attached hydrogens (tertiary/aromatic N) is 2. The summed E-state index contributed by atoms with van der Waals surface area (Å²) in [7, 11) is 0. The number of esters is 1. The normalized spacial score (nSPS) is 14.8. The molecule has 1 aromatic heterocycles. The molecule has 0 radical (unpaired) electrons. The number of carboxylic acid groups (broad SMARTS) is 2. The third-order valence-corrected chi connectivity index (χ3v) is 9.01. The van der Waals surface area contributed by atoms with Crippen molar-refractivity contribution < 1.29 is 29.3 Å². The molecule has 0 saturated carbocycles. The predicted molar refractivity (Wildman–Crippen MR) is 164 cm³/mol. The highest BCUT2D eigenvalue weighted by molar-refractivity contribution is 8.01. The molecule has 0 amide bonds. The molecule has 2 aromatic rings. The van der Waals surface area contributed by atoms with Gasteiger partial charge in [0.05, 0.1) is 10.8 Å². The van der Waals surface area contributed by atoms with Crippen LogP contribution in [-0.2, 0) is 19.1 Å². The van der Waals surface area contributed by atoms with Gasteiger partial charge in [-0.05, 0) is 42.0 Å². The van der Waals surface area contributed by atoms with E-state index in [1.807, 2.05) is 23.1 Å². The monoisotopic (exact) mass is 600 g/mol. The van der Waals surface area contributed by atoms with Crippen LogP contribution in [0.25, 0.3) is 11.8 Å². The van der Waals surface area contributed by atoms with Gasteiger partial charge in [-0.1, -0.05) is 62.6 Å². The number of aliphatic carboxylic acids is 2. The Hall–Kier alpha value is -3.08. The zero-order valence-corrected chi connectivity index (χ0v) is 25.3. The van der Waals surface area contributed by atoms with Gasteiger partial charge in [-0.3, -0.25) is 9.69 Å². The van der Waals surface area contributed by atoms with Crippen LogP contribution in [0.1, 0.15) is 63.0 Å². The second-order valence-electron chi connectivity index (χ2n) is 9.87. The molecule has 1 saturated heterocycles. The standard InChI is InChI=1S/C27H36N2O2S2.C4H4O4/c1-2-3-4-5-6-12-26(30)31-19-9-14-28-15-17-29(18-16-28)24-21-22-10-7-8-11-25(22)33-27-23(24)13-20-32-27;5-3(6)1-2-4(7)8/h7-8,10-11,13,20-21H,2-6,9,12,14-19H2,1H3;1-2H,(H,5,6)(H,7,8). The Bertz CT molecular complexity index is 1180. The summed E-state index contributed by atoms with van der Waals surface area (Å²) >= 11 is 3.73. The molecule has 2 aliphatic rings. The average molecular weight is 601 g/mol. The van der Waals surface area contributed by atoms with Crippen molar-refractivity contribution in [3.8, 4) is 0 Å². The summed E-state index contributed by atoms with van der Waals surface area (Å²) in [5, 5.41) is 17.8. The van der Waals surface area contributed by atoms with Crippen molar-refractivity contribution >= 4 is 52.8 Å². The second kappa shape index (κ2) is 17.7. The maximum absolute atomic E-state index is 11.9. The number of hydrogen-bond acceptors (Lipinski definition) is 8. The van der Waals surface area contributed by atoms with Crippen LogP contribution in [0.5, 0.6) is 0 Å². The summed E-state index contributed by atoms with van der Waals surface area (Å²) in [6.45, 7) is 7.93. The molecule has 222 valence electrons. The van der Waals surface area contributed by atoms with E-state index in [-0.39, 0.29) is 5.97 Å². The molecule has 3 heterocycles. The van der Waals surface area contributed by atoms with Crippen molar-refractivity contribution in [3.05, 3.63) is 59.0 Å². The number of piperazine rings is 1. The first-order valence-corrected chi connectivity index (χ1v) is 15.9. The lowest BCUT2D eigenvalue weighted by Crippen LogP contribution is -2.45. The molecule has 0 aliphatic carbocycles. The largest absolute Gasteiger partial charge is 0.478 e. The van der Waals surface area contributed by atoms with Crippen LogP contribution < -0.4 is 0 Å². The average Bonchev–Trinajstić information content (AvgIpc) is 3.36. The molecule has 0 atom stereocenters. The Morgan fingerprint density at radius 1 is 0.927 bits per heavy atom. The van der Waals surface area contributed by atoms with Crippen LogP contribution in [0.2, 0.25) is 0 Å². The molecule has 10 heteroatoms. The predicted octanol–water partition coefficient (Wildman–Crippen LogP) is 6.33. The first-order valence-electron chi connectivity index (χ1n) is 14.2. The number of rotatable bonds is 13. The van der Waals surface area contributed by atoms with E-state index in [4.69, 9.17) is 14.9 Å². The summed E-state index contributed by atoms with van der Waals surface area (Å²) < 4.78 is 6.84. The number of ether oxygens (including phenoxy) is 1. The number of carboxylic acids is 2.